The Morgan fingerprint density at radius 3 is 2.37 bits per heavy atom. The fourth-order valence-corrected chi connectivity index (χ4v) is 5.94. The highest BCUT2D eigenvalue weighted by Gasteiger charge is 2.28. The first-order valence-corrected chi connectivity index (χ1v) is 15.1. The Balaban J connectivity index is 1.41. The predicted octanol–water partition coefficient (Wildman–Crippen LogP) is 4.98. The summed E-state index contributed by atoms with van der Waals surface area (Å²) in [7, 11) is -2.71. The van der Waals surface area contributed by atoms with Gasteiger partial charge in [-0.15, -0.1) is 0 Å². The van der Waals surface area contributed by atoms with Gasteiger partial charge in [-0.25, -0.2) is 27.6 Å². The molecule has 0 saturated carbocycles. The lowest BCUT2D eigenvalue weighted by molar-refractivity contribution is 0.0187. The van der Waals surface area contributed by atoms with E-state index in [9.17, 15) is 22.4 Å². The maximum Gasteiger partial charge on any atom is 0.410 e. The van der Waals surface area contributed by atoms with Gasteiger partial charge in [0, 0.05) is 30.9 Å². The fraction of sp³-hybridized carbons (Fsp3) is 0.333. The second-order valence-corrected chi connectivity index (χ2v) is 12.9. The molecule has 1 amide bonds. The van der Waals surface area contributed by atoms with Gasteiger partial charge < -0.3 is 14.4 Å². The van der Waals surface area contributed by atoms with Gasteiger partial charge in [-0.05, 0) is 81.6 Å². The third-order valence-corrected chi connectivity index (χ3v) is 8.42. The highest BCUT2D eigenvalue weighted by atomic mass is 32.2. The van der Waals surface area contributed by atoms with Gasteiger partial charge in [0.1, 0.15) is 17.1 Å². The molecule has 1 fully saturated rings. The SMILES string of the molecule is COc1ncc(-c2ccc3ncn(C4CCN(C(=O)OC(C)(C)C)CC4)c(=O)c3c2)cc1NS(=O)(=O)c1ccc(F)cc1. The Bertz CT molecular complexity index is 1830. The molecule has 43 heavy (non-hydrogen) atoms. The summed E-state index contributed by atoms with van der Waals surface area (Å²) < 4.78 is 54.0. The molecule has 0 aliphatic carbocycles. The zero-order valence-corrected chi connectivity index (χ0v) is 25.0. The molecule has 1 aliphatic heterocycles. The maximum absolute atomic E-state index is 13.6. The van der Waals surface area contributed by atoms with Gasteiger partial charge in [-0.1, -0.05) is 6.07 Å². The van der Waals surface area contributed by atoms with Crippen LogP contribution in [0.25, 0.3) is 22.0 Å². The minimum absolute atomic E-state index is 0.0389. The van der Waals surface area contributed by atoms with Gasteiger partial charge in [0.25, 0.3) is 15.6 Å². The molecule has 11 nitrogen and oxygen atoms in total. The number of nitrogens with zero attached hydrogens (tertiary/aromatic N) is 4. The molecule has 2 aromatic carbocycles. The van der Waals surface area contributed by atoms with Crippen LogP contribution in [0, 0.1) is 5.82 Å². The molecule has 0 unspecified atom stereocenters. The van der Waals surface area contributed by atoms with Crippen molar-refractivity contribution in [3.63, 3.8) is 0 Å². The van der Waals surface area contributed by atoms with Crippen molar-refractivity contribution in [3.05, 3.63) is 77.2 Å². The summed E-state index contributed by atoms with van der Waals surface area (Å²) in [6.07, 6.45) is 3.83. The Kier molecular flexibility index (Phi) is 8.10. The smallest absolute Gasteiger partial charge is 0.410 e. The van der Waals surface area contributed by atoms with Gasteiger partial charge >= 0.3 is 6.09 Å². The van der Waals surface area contributed by atoms with E-state index < -0.39 is 21.4 Å². The Morgan fingerprint density at radius 1 is 1.02 bits per heavy atom. The summed E-state index contributed by atoms with van der Waals surface area (Å²) in [5.41, 5.74) is 0.917. The number of piperidine rings is 1. The van der Waals surface area contributed by atoms with E-state index >= 15 is 0 Å². The Hall–Kier alpha value is -4.52. The van der Waals surface area contributed by atoms with Crippen molar-refractivity contribution >= 4 is 32.7 Å². The number of pyridine rings is 1. The second-order valence-electron chi connectivity index (χ2n) is 11.2. The molecule has 3 heterocycles. The molecule has 226 valence electrons. The van der Waals surface area contributed by atoms with Crippen LogP contribution in [-0.4, -0.2) is 59.7 Å². The van der Waals surface area contributed by atoms with E-state index in [4.69, 9.17) is 9.47 Å². The average molecular weight is 610 g/mol. The summed E-state index contributed by atoms with van der Waals surface area (Å²) in [5, 5.41) is 0.388. The van der Waals surface area contributed by atoms with Crippen LogP contribution >= 0.6 is 0 Å². The van der Waals surface area contributed by atoms with Crippen LogP contribution in [0.4, 0.5) is 14.9 Å². The number of hydrogen-bond donors (Lipinski definition) is 1. The third-order valence-electron chi connectivity index (χ3n) is 7.04. The minimum atomic E-state index is -4.07. The summed E-state index contributed by atoms with van der Waals surface area (Å²) in [6, 6.07) is 11.0. The zero-order chi connectivity index (χ0) is 30.9. The van der Waals surface area contributed by atoms with Crippen LogP contribution in [0.1, 0.15) is 39.7 Å². The lowest BCUT2D eigenvalue weighted by Crippen LogP contribution is -2.43. The first-order chi connectivity index (χ1) is 20.3. The lowest BCUT2D eigenvalue weighted by Gasteiger charge is -2.34. The molecule has 0 atom stereocenters. The standard InChI is InChI=1S/C30H32FN5O6S/c1-30(2,3)42-29(38)35-13-11-22(12-14-35)36-18-33-25-10-5-19(15-24(25)28(36)37)20-16-26(27(41-4)32-17-20)34-43(39,40)23-8-6-21(31)7-9-23/h5-10,15-18,22,34H,11-14H2,1-4H3. The number of methoxy groups -OCH3 is 1. The zero-order valence-electron chi connectivity index (χ0n) is 24.2. The number of nitrogens with one attached hydrogen (secondary N) is 1. The fourth-order valence-electron chi connectivity index (χ4n) is 4.89. The normalized spacial score (nSPS) is 14.5. The quantitative estimate of drug-likeness (QED) is 0.324. The topological polar surface area (TPSA) is 133 Å². The Morgan fingerprint density at radius 2 is 1.72 bits per heavy atom. The van der Waals surface area contributed by atoms with Crippen LogP contribution in [0.15, 0.2) is 70.7 Å². The molecule has 2 aromatic heterocycles. The van der Waals surface area contributed by atoms with Crippen LogP contribution in [0.3, 0.4) is 0 Å². The number of amides is 1. The number of anilines is 1. The molecule has 13 heteroatoms. The van der Waals surface area contributed by atoms with Crippen LogP contribution < -0.4 is 15.0 Å². The first-order valence-electron chi connectivity index (χ1n) is 13.7. The maximum atomic E-state index is 13.6. The average Bonchev–Trinajstić information content (AvgIpc) is 2.96. The van der Waals surface area contributed by atoms with Crippen LogP contribution in [-0.2, 0) is 14.8 Å². The molecule has 1 aliphatic rings. The van der Waals surface area contributed by atoms with E-state index in [-0.39, 0.29) is 34.2 Å². The van der Waals surface area contributed by atoms with Crippen molar-refractivity contribution in [3.8, 4) is 17.0 Å². The molecular formula is C30H32FN5O6S. The van der Waals surface area contributed by atoms with E-state index in [2.05, 4.69) is 14.7 Å². The van der Waals surface area contributed by atoms with Crippen LogP contribution in [0.2, 0.25) is 0 Å². The van der Waals surface area contributed by atoms with Gasteiger partial charge in [0.2, 0.25) is 5.88 Å². The number of aromatic nitrogens is 3. The van der Waals surface area contributed by atoms with Crippen LogP contribution in [0.5, 0.6) is 5.88 Å². The largest absolute Gasteiger partial charge is 0.480 e. The first kappa shape index (κ1) is 30.0. The number of benzene rings is 2. The highest BCUT2D eigenvalue weighted by Crippen LogP contribution is 2.31. The van der Waals surface area contributed by atoms with Crippen molar-refractivity contribution in [1.82, 2.24) is 19.4 Å². The molecule has 0 spiro atoms. The van der Waals surface area contributed by atoms with Crippen molar-refractivity contribution in [2.24, 2.45) is 0 Å². The second kappa shape index (κ2) is 11.6. The predicted molar refractivity (Wildman–Crippen MR) is 159 cm³/mol. The summed E-state index contributed by atoms with van der Waals surface area (Å²) in [4.78, 5) is 36.3. The number of halogens is 1. The number of likely N-dealkylation sites (tertiary alicyclic amines) is 1. The molecule has 1 N–H and O–H groups in total. The number of hydrogen-bond acceptors (Lipinski definition) is 8. The van der Waals surface area contributed by atoms with Gasteiger partial charge in [-0.3, -0.25) is 14.1 Å². The number of carbonyl (C=O) groups is 1. The number of carbonyl (C=O) groups excluding carboxylic acids is 1. The van der Waals surface area contributed by atoms with E-state index in [1.807, 2.05) is 20.8 Å². The van der Waals surface area contributed by atoms with Crippen molar-refractivity contribution in [2.75, 3.05) is 24.9 Å². The van der Waals surface area contributed by atoms with Gasteiger partial charge in [-0.2, -0.15) is 0 Å². The van der Waals surface area contributed by atoms with E-state index in [1.54, 1.807) is 33.7 Å². The van der Waals surface area contributed by atoms with E-state index in [0.29, 0.717) is 48.0 Å². The van der Waals surface area contributed by atoms with E-state index in [0.717, 1.165) is 24.3 Å². The Labute approximate surface area is 248 Å². The molecule has 0 radical (unpaired) electrons. The lowest BCUT2D eigenvalue weighted by atomic mass is 10.0. The van der Waals surface area contributed by atoms with Gasteiger partial charge in [0.15, 0.2) is 0 Å². The van der Waals surface area contributed by atoms with Gasteiger partial charge in [0.05, 0.1) is 29.2 Å². The molecule has 0 bridgehead atoms. The monoisotopic (exact) mass is 609 g/mol. The van der Waals surface area contributed by atoms with Crippen molar-refractivity contribution in [1.29, 1.82) is 0 Å². The molecule has 1 saturated heterocycles. The van der Waals surface area contributed by atoms with Crippen molar-refractivity contribution in [2.45, 2.75) is 50.2 Å². The van der Waals surface area contributed by atoms with E-state index in [1.165, 1.54) is 19.6 Å². The third kappa shape index (κ3) is 6.61. The number of ether oxygens (including phenoxy) is 2. The highest BCUT2D eigenvalue weighted by molar-refractivity contribution is 7.92. The summed E-state index contributed by atoms with van der Waals surface area (Å²) in [6.45, 7) is 6.38. The molecule has 4 aromatic rings. The summed E-state index contributed by atoms with van der Waals surface area (Å²) in [5.74, 6) is -0.520. The summed E-state index contributed by atoms with van der Waals surface area (Å²) >= 11 is 0. The van der Waals surface area contributed by atoms with Crippen molar-refractivity contribution < 1.29 is 27.1 Å². The minimum Gasteiger partial charge on any atom is -0.480 e. The number of sulfonamides is 1. The number of fused-ring (bicyclic) bond motifs is 1. The number of rotatable bonds is 6. The molecule has 5 rings (SSSR count). The molecular weight excluding hydrogens is 577 g/mol.